The molecule has 4 nitrogen and oxygen atoms in total. The van der Waals surface area contributed by atoms with Gasteiger partial charge in [-0.2, -0.15) is 0 Å². The summed E-state index contributed by atoms with van der Waals surface area (Å²) in [5.74, 6) is 0.902. The number of benzene rings is 2. The maximum absolute atomic E-state index is 6.34. The molecular weight excluding hydrogens is 334 g/mol. The van der Waals surface area contributed by atoms with Gasteiger partial charge in [-0.3, -0.25) is 0 Å². The number of hydrogen-bond donors (Lipinski definition) is 0. The Labute approximate surface area is 157 Å². The van der Waals surface area contributed by atoms with E-state index in [1.54, 1.807) is 0 Å². The molecule has 0 amide bonds. The van der Waals surface area contributed by atoms with Crippen LogP contribution in [-0.2, 0) is 7.05 Å². The highest BCUT2D eigenvalue weighted by atomic mass is 16.3. The molecule has 3 heterocycles. The zero-order chi connectivity index (χ0) is 18.7. The average Bonchev–Trinajstić information content (AvgIpc) is 3.02. The number of pyridine rings is 1. The Morgan fingerprint density at radius 1 is 0.815 bits per heavy atom. The Bertz CT molecular complexity index is 1370. The SMILES string of the molecule is Cc1cc[n+](C)c(-c2c(C)c3ccccc3c3c2oc2nc(C)ccc23)n1. The van der Waals surface area contributed by atoms with Gasteiger partial charge in [-0.25, -0.2) is 9.55 Å². The molecule has 0 N–H and O–H groups in total. The van der Waals surface area contributed by atoms with E-state index in [0.29, 0.717) is 5.71 Å². The van der Waals surface area contributed by atoms with Crippen molar-refractivity contribution in [3.8, 4) is 11.4 Å². The van der Waals surface area contributed by atoms with E-state index in [1.807, 2.05) is 39.2 Å². The highest BCUT2D eigenvalue weighted by Gasteiger charge is 2.26. The molecule has 0 saturated heterocycles. The van der Waals surface area contributed by atoms with Gasteiger partial charge in [-0.1, -0.05) is 24.3 Å². The third-order valence-corrected chi connectivity index (χ3v) is 5.28. The van der Waals surface area contributed by atoms with Gasteiger partial charge in [-0.05, 0) is 47.3 Å². The summed E-state index contributed by atoms with van der Waals surface area (Å²) in [6.07, 6.45) is 2.04. The van der Waals surface area contributed by atoms with Crippen molar-refractivity contribution in [3.63, 3.8) is 0 Å². The zero-order valence-electron chi connectivity index (χ0n) is 15.9. The van der Waals surface area contributed by atoms with Crippen LogP contribution in [0.2, 0.25) is 0 Å². The highest BCUT2D eigenvalue weighted by molar-refractivity contribution is 6.22. The fraction of sp³-hybridized carbons (Fsp3) is 0.174. The lowest BCUT2D eigenvalue weighted by Gasteiger charge is -2.09. The summed E-state index contributed by atoms with van der Waals surface area (Å²) in [6, 6.07) is 14.7. The summed E-state index contributed by atoms with van der Waals surface area (Å²) in [5.41, 5.74) is 5.66. The molecule has 2 aromatic carbocycles. The van der Waals surface area contributed by atoms with E-state index in [2.05, 4.69) is 46.8 Å². The van der Waals surface area contributed by atoms with E-state index < -0.39 is 0 Å². The monoisotopic (exact) mass is 354 g/mol. The molecule has 0 aliphatic heterocycles. The molecular formula is C23H20N3O+. The zero-order valence-corrected chi connectivity index (χ0v) is 15.9. The smallest absolute Gasteiger partial charge is 0.334 e. The molecule has 0 atom stereocenters. The van der Waals surface area contributed by atoms with Gasteiger partial charge in [0, 0.05) is 29.5 Å². The minimum atomic E-state index is 0.678. The van der Waals surface area contributed by atoms with Gasteiger partial charge in [0.15, 0.2) is 11.3 Å². The number of nitrogens with zero attached hydrogens (tertiary/aromatic N) is 3. The molecule has 132 valence electrons. The highest BCUT2D eigenvalue weighted by Crippen LogP contribution is 2.41. The summed E-state index contributed by atoms with van der Waals surface area (Å²) >= 11 is 0. The van der Waals surface area contributed by atoms with E-state index >= 15 is 0 Å². The lowest BCUT2D eigenvalue weighted by molar-refractivity contribution is -0.663. The molecule has 0 saturated carbocycles. The molecule has 0 spiro atoms. The molecule has 5 rings (SSSR count). The molecule has 3 aromatic heterocycles. The number of aryl methyl sites for hydroxylation is 4. The number of hydrogen-bond acceptors (Lipinski definition) is 3. The summed E-state index contributed by atoms with van der Waals surface area (Å²) in [4.78, 5) is 9.46. The van der Waals surface area contributed by atoms with Crippen LogP contribution in [0.4, 0.5) is 0 Å². The average molecular weight is 354 g/mol. The van der Waals surface area contributed by atoms with Crippen molar-refractivity contribution >= 4 is 32.8 Å². The number of furan rings is 1. The molecule has 0 fully saturated rings. The fourth-order valence-electron chi connectivity index (χ4n) is 3.92. The van der Waals surface area contributed by atoms with Gasteiger partial charge >= 0.3 is 5.82 Å². The minimum absolute atomic E-state index is 0.678. The van der Waals surface area contributed by atoms with E-state index in [1.165, 1.54) is 16.3 Å². The van der Waals surface area contributed by atoms with E-state index in [9.17, 15) is 0 Å². The van der Waals surface area contributed by atoms with Crippen LogP contribution in [0.25, 0.3) is 44.2 Å². The van der Waals surface area contributed by atoms with Gasteiger partial charge < -0.3 is 4.42 Å². The van der Waals surface area contributed by atoms with Crippen LogP contribution in [0, 0.1) is 20.8 Å². The Morgan fingerprint density at radius 3 is 2.37 bits per heavy atom. The summed E-state index contributed by atoms with van der Waals surface area (Å²) in [7, 11) is 2.02. The number of rotatable bonds is 1. The van der Waals surface area contributed by atoms with E-state index in [0.717, 1.165) is 39.1 Å². The van der Waals surface area contributed by atoms with Crippen molar-refractivity contribution in [1.29, 1.82) is 0 Å². The van der Waals surface area contributed by atoms with Crippen LogP contribution in [-0.4, -0.2) is 9.97 Å². The van der Waals surface area contributed by atoms with Crippen molar-refractivity contribution < 1.29 is 8.98 Å². The molecule has 0 radical (unpaired) electrons. The molecule has 4 heteroatoms. The maximum atomic E-state index is 6.34. The predicted octanol–water partition coefficient (Wildman–Crippen LogP) is 4.95. The standard InChI is InChI=1S/C23H20N3O/c1-13-9-10-18-20-17-8-6-5-7-16(17)15(3)19(21(20)27-23(18)25-13)22-24-14(2)11-12-26(22)4/h5-12H,1-4H3/q+1. The van der Waals surface area contributed by atoms with Crippen LogP contribution in [0.1, 0.15) is 17.0 Å². The normalized spacial score (nSPS) is 11.7. The lowest BCUT2D eigenvalue weighted by Crippen LogP contribution is -2.32. The fourth-order valence-corrected chi connectivity index (χ4v) is 3.92. The van der Waals surface area contributed by atoms with Gasteiger partial charge in [-0.15, -0.1) is 0 Å². The van der Waals surface area contributed by atoms with Crippen molar-refractivity contribution in [1.82, 2.24) is 9.97 Å². The van der Waals surface area contributed by atoms with Gasteiger partial charge in [0.25, 0.3) is 0 Å². The first-order valence-electron chi connectivity index (χ1n) is 9.09. The van der Waals surface area contributed by atoms with Crippen LogP contribution >= 0.6 is 0 Å². The Balaban J connectivity index is 2.08. The molecule has 27 heavy (non-hydrogen) atoms. The first kappa shape index (κ1) is 15.9. The predicted molar refractivity (Wildman–Crippen MR) is 108 cm³/mol. The lowest BCUT2D eigenvalue weighted by atomic mass is 9.94. The second-order valence-corrected chi connectivity index (χ2v) is 7.16. The molecule has 0 aliphatic rings. The number of fused-ring (bicyclic) bond motifs is 5. The second-order valence-electron chi connectivity index (χ2n) is 7.16. The van der Waals surface area contributed by atoms with Crippen LogP contribution in [0.5, 0.6) is 0 Å². The minimum Gasteiger partial charge on any atom is -0.437 e. The van der Waals surface area contributed by atoms with Gasteiger partial charge in [0.2, 0.25) is 5.71 Å². The van der Waals surface area contributed by atoms with Gasteiger partial charge in [0.1, 0.15) is 5.56 Å². The third kappa shape index (κ3) is 2.26. The molecule has 5 aromatic rings. The quantitative estimate of drug-likeness (QED) is 0.400. The van der Waals surface area contributed by atoms with Crippen molar-refractivity contribution in [2.75, 3.05) is 0 Å². The molecule has 0 aliphatic carbocycles. The summed E-state index contributed by atoms with van der Waals surface area (Å²) in [6.45, 7) is 6.15. The van der Waals surface area contributed by atoms with E-state index in [-0.39, 0.29) is 0 Å². The number of aromatic nitrogens is 3. The van der Waals surface area contributed by atoms with Crippen molar-refractivity contribution in [2.24, 2.45) is 7.05 Å². The van der Waals surface area contributed by atoms with Crippen LogP contribution < -0.4 is 4.57 Å². The Morgan fingerprint density at radius 2 is 1.56 bits per heavy atom. The van der Waals surface area contributed by atoms with Crippen molar-refractivity contribution in [3.05, 3.63) is 65.6 Å². The van der Waals surface area contributed by atoms with Crippen LogP contribution in [0.15, 0.2) is 53.1 Å². The topological polar surface area (TPSA) is 42.8 Å². The summed E-state index contributed by atoms with van der Waals surface area (Å²) < 4.78 is 8.39. The largest absolute Gasteiger partial charge is 0.437 e. The summed E-state index contributed by atoms with van der Waals surface area (Å²) in [5, 5.41) is 4.56. The second kappa shape index (κ2) is 5.61. The third-order valence-electron chi connectivity index (χ3n) is 5.28. The maximum Gasteiger partial charge on any atom is 0.334 e. The Hall–Kier alpha value is -3.27. The molecule has 0 bridgehead atoms. The molecule has 0 unspecified atom stereocenters. The van der Waals surface area contributed by atoms with E-state index in [4.69, 9.17) is 9.40 Å². The first-order valence-corrected chi connectivity index (χ1v) is 9.09. The Kier molecular flexibility index (Phi) is 3.31. The van der Waals surface area contributed by atoms with Gasteiger partial charge in [0.05, 0.1) is 13.2 Å². The van der Waals surface area contributed by atoms with Crippen molar-refractivity contribution in [2.45, 2.75) is 20.8 Å². The first-order chi connectivity index (χ1) is 13.0. The van der Waals surface area contributed by atoms with Crippen LogP contribution in [0.3, 0.4) is 0 Å².